The minimum Gasteiger partial charge on any atom is -1.00 e. The molecule has 3 amide bonds. The fourth-order valence-corrected chi connectivity index (χ4v) is 4.02. The number of fused-ring (bicyclic) bond motifs is 1. The molecule has 1 heterocycles. The summed E-state index contributed by atoms with van der Waals surface area (Å²) in [6.45, 7) is 0.461. The molecular weight excluding hydrogens is 705 g/mol. The van der Waals surface area contributed by atoms with Crippen molar-refractivity contribution in [2.45, 2.75) is 59.8 Å². The molecule has 0 unspecified atom stereocenters. The van der Waals surface area contributed by atoms with Crippen molar-refractivity contribution >= 4 is 34.3 Å². The van der Waals surface area contributed by atoms with Crippen LogP contribution in [0.15, 0.2) is 60.8 Å². The van der Waals surface area contributed by atoms with Gasteiger partial charge in [0, 0.05) is 37.4 Å². The van der Waals surface area contributed by atoms with Gasteiger partial charge >= 0.3 is 6.18 Å². The quantitative estimate of drug-likeness (QED) is 0.115. The first-order valence-corrected chi connectivity index (χ1v) is 12.6. The molecule has 0 radical (unpaired) electrons. The number of carbonyl (C=O) groups is 3. The Balaban J connectivity index is -0.000000840. The van der Waals surface area contributed by atoms with Crippen molar-refractivity contribution in [2.75, 3.05) is 25.1 Å². The predicted octanol–water partition coefficient (Wildman–Crippen LogP) is -8.93. The van der Waals surface area contributed by atoms with Crippen molar-refractivity contribution in [2.24, 2.45) is 17.2 Å². The van der Waals surface area contributed by atoms with E-state index in [1.165, 1.54) is 17.0 Å². The van der Waals surface area contributed by atoms with Gasteiger partial charge in [0.2, 0.25) is 23.2 Å². The molecule has 3 rings (SSSR count). The number of nitrogens with two attached hydrogens (primary N) is 3. The third-order valence-corrected chi connectivity index (χ3v) is 6.25. The molecule has 270 valence electrons. The van der Waals surface area contributed by atoms with Crippen LogP contribution in [0.3, 0.4) is 0 Å². The van der Waals surface area contributed by atoms with E-state index in [2.05, 4.69) is 15.6 Å². The van der Waals surface area contributed by atoms with Crippen LogP contribution < -0.4 is 82.4 Å². The Kier molecular flexibility index (Phi) is 28.7. The van der Waals surface area contributed by atoms with Gasteiger partial charge in [0.25, 0.3) is 0 Å². The summed E-state index contributed by atoms with van der Waals surface area (Å²) < 4.78 is 39.0. The Hall–Kier alpha value is -2.91. The van der Waals surface area contributed by atoms with E-state index in [1.807, 2.05) is 24.3 Å². The van der Waals surface area contributed by atoms with Crippen LogP contribution in [0.1, 0.15) is 46.2 Å². The number of nitrogens with one attached hydrogen (secondary N) is 3. The summed E-state index contributed by atoms with van der Waals surface area (Å²) in [6, 6.07) is 11.2. The van der Waals surface area contributed by atoms with Crippen LogP contribution in [0.25, 0.3) is 10.9 Å². The van der Waals surface area contributed by atoms with Crippen LogP contribution in [0, 0.1) is 0 Å². The summed E-state index contributed by atoms with van der Waals surface area (Å²) in [5.41, 5.74) is 17.9. The van der Waals surface area contributed by atoms with Crippen molar-refractivity contribution in [1.82, 2.24) is 10.2 Å². The highest BCUT2D eigenvalue weighted by molar-refractivity contribution is 5.98. The third kappa shape index (κ3) is 16.2. The van der Waals surface area contributed by atoms with Gasteiger partial charge in [-0.3, -0.25) is 14.4 Å². The van der Waals surface area contributed by atoms with E-state index in [1.54, 1.807) is 12.3 Å². The van der Waals surface area contributed by atoms with Crippen LogP contribution in [0.4, 0.5) is 18.9 Å². The molecule has 17 heteroatoms. The molecule has 47 heavy (non-hydrogen) atoms. The summed E-state index contributed by atoms with van der Waals surface area (Å²) in [7, 11) is 0. The zero-order chi connectivity index (χ0) is 29.3. The Labute approximate surface area is 299 Å². The lowest BCUT2D eigenvalue weighted by atomic mass is 10.0. The number of nitrogens with zero attached hydrogens (tertiary/aromatic N) is 1. The lowest BCUT2D eigenvalue weighted by Gasteiger charge is -2.22. The Morgan fingerprint density at radius 3 is 2.04 bits per heavy atom. The molecule has 10 nitrogen and oxygen atoms in total. The number of H-pyrrole nitrogens is 1. The number of anilines is 1. The van der Waals surface area contributed by atoms with E-state index >= 15 is 0 Å². The highest BCUT2D eigenvalue weighted by Crippen LogP contribution is 2.29. The second-order valence-electron chi connectivity index (χ2n) is 9.20. The topological polar surface area (TPSA) is 171 Å². The summed E-state index contributed by atoms with van der Waals surface area (Å²) in [6.07, 6.45) is -3.10. The van der Waals surface area contributed by atoms with Crippen LogP contribution in [0.2, 0.25) is 0 Å². The molecule has 0 aliphatic carbocycles. The molecule has 3 aromatic rings. The second kappa shape index (κ2) is 25.2. The Morgan fingerprint density at radius 1 is 0.894 bits per heavy atom. The number of hydrogen-bond donors (Lipinski definition) is 5. The number of para-hydroxylation sites is 1. The first-order chi connectivity index (χ1) is 19.0. The molecule has 2 atom stereocenters. The van der Waals surface area contributed by atoms with Gasteiger partial charge in [0.05, 0.1) is 18.3 Å². The molecule has 0 fully saturated rings. The largest absolute Gasteiger partial charge is 1.00 e. The van der Waals surface area contributed by atoms with E-state index in [-0.39, 0.29) is 117 Å². The first-order valence-electron chi connectivity index (χ1n) is 12.6. The number of aromatic amines is 1. The summed E-state index contributed by atoms with van der Waals surface area (Å²) in [5, 5.41) is 6.14. The van der Waals surface area contributed by atoms with Crippen LogP contribution in [-0.4, -0.2) is 54.5 Å². The SMILES string of the molecule is C.C.C.NCCN(CN)C(=O)CC[C@H](N)C(=O)N[C@@H](Cc1ccc(C(F)(F)F)cc1)C(=O)Nc1c[nH+]c2ccccc2c1.[Cl-].[Cl-].[Cl-].[Cl-]. The normalized spacial score (nSPS) is 11.0. The number of hydrogen-bond acceptors (Lipinski definition) is 6. The summed E-state index contributed by atoms with van der Waals surface area (Å²) in [5.74, 6) is -1.61. The van der Waals surface area contributed by atoms with Crippen molar-refractivity contribution in [3.63, 3.8) is 0 Å². The van der Waals surface area contributed by atoms with Crippen LogP contribution >= 0.6 is 0 Å². The van der Waals surface area contributed by atoms with E-state index in [0.717, 1.165) is 23.0 Å². The second-order valence-corrected chi connectivity index (χ2v) is 9.20. The molecule has 2 aromatic carbocycles. The van der Waals surface area contributed by atoms with Gasteiger partial charge < -0.3 is 82.4 Å². The van der Waals surface area contributed by atoms with E-state index in [0.29, 0.717) is 11.3 Å². The number of halogens is 7. The van der Waals surface area contributed by atoms with Gasteiger partial charge in [-0.25, -0.2) is 4.98 Å². The predicted molar refractivity (Wildman–Crippen MR) is 163 cm³/mol. The molecule has 0 aliphatic rings. The average molecular weight is 751 g/mol. The fraction of sp³-hybridized carbons (Fsp3) is 0.400. The van der Waals surface area contributed by atoms with Crippen molar-refractivity contribution in [3.8, 4) is 0 Å². The Morgan fingerprint density at radius 2 is 1.49 bits per heavy atom. The van der Waals surface area contributed by atoms with Gasteiger partial charge in [-0.05, 0) is 36.2 Å². The van der Waals surface area contributed by atoms with Gasteiger partial charge in [-0.2, -0.15) is 13.2 Å². The molecule has 1 aromatic heterocycles. The number of rotatable bonds is 12. The lowest BCUT2D eigenvalue weighted by Crippen LogP contribution is -3.00. The molecular formula is C30H45Cl4F3N7O3-3. The molecule has 0 spiro atoms. The number of aromatic nitrogens is 1. The van der Waals surface area contributed by atoms with Gasteiger partial charge in [-0.15, -0.1) is 0 Å². The van der Waals surface area contributed by atoms with Crippen molar-refractivity contribution < 1.29 is 82.2 Å². The molecule has 0 saturated heterocycles. The molecule has 0 saturated carbocycles. The zero-order valence-corrected chi connectivity index (χ0v) is 26.2. The standard InChI is InChI=1S/C27H32F3N7O3.3CH4.4ClH/c28-27(29,30)19-7-5-17(6-8-19)13-23(26(40)35-20-14-18-3-1-2-4-22(18)34-15-20)36-25(39)21(33)9-10-24(38)37(16-32)12-11-31;;;;;;;/h1-8,14-15,21,23H,9-13,16,31-33H2,(H,35,40)(H,36,39);3*1H4;4*1H/p-3/t21-,23-;;;;;;;/m0......./s1. The number of benzene rings is 2. The van der Waals surface area contributed by atoms with E-state index in [9.17, 15) is 27.6 Å². The summed E-state index contributed by atoms with van der Waals surface area (Å²) >= 11 is 0. The molecule has 0 bridgehead atoms. The monoisotopic (exact) mass is 748 g/mol. The molecule has 0 aliphatic heterocycles. The minimum absolute atomic E-state index is 0. The van der Waals surface area contributed by atoms with Gasteiger partial charge in [0.1, 0.15) is 11.7 Å². The van der Waals surface area contributed by atoms with Crippen LogP contribution in [0.5, 0.6) is 0 Å². The van der Waals surface area contributed by atoms with Crippen LogP contribution in [-0.2, 0) is 27.0 Å². The fourth-order valence-electron chi connectivity index (χ4n) is 4.02. The number of amides is 3. The molecule has 9 N–H and O–H groups in total. The number of carbonyl (C=O) groups excluding carboxylic acids is 3. The van der Waals surface area contributed by atoms with Gasteiger partial charge in [0.15, 0.2) is 6.20 Å². The van der Waals surface area contributed by atoms with Crippen molar-refractivity contribution in [3.05, 3.63) is 71.9 Å². The number of pyridine rings is 1. The highest BCUT2D eigenvalue weighted by Gasteiger charge is 2.31. The maximum Gasteiger partial charge on any atom is 0.416 e. The highest BCUT2D eigenvalue weighted by atomic mass is 35.5. The third-order valence-electron chi connectivity index (χ3n) is 6.25. The first kappa shape index (κ1) is 53.6. The lowest BCUT2D eigenvalue weighted by molar-refractivity contribution is -0.343. The van der Waals surface area contributed by atoms with Crippen molar-refractivity contribution in [1.29, 1.82) is 0 Å². The van der Waals surface area contributed by atoms with Gasteiger partial charge in [-0.1, -0.05) is 46.5 Å². The summed E-state index contributed by atoms with van der Waals surface area (Å²) in [4.78, 5) is 42.9. The average Bonchev–Trinajstić information content (AvgIpc) is 2.93. The maximum atomic E-state index is 13.3. The Bertz CT molecular complexity index is 1340. The smallest absolute Gasteiger partial charge is 0.416 e. The maximum absolute atomic E-state index is 13.3. The minimum atomic E-state index is -4.51. The zero-order valence-electron chi connectivity index (χ0n) is 23.2. The van der Waals surface area contributed by atoms with E-state index < -0.39 is 35.6 Å². The van der Waals surface area contributed by atoms with E-state index in [4.69, 9.17) is 17.2 Å². The number of alkyl halides is 3.